The van der Waals surface area contributed by atoms with Crippen LogP contribution in [0.3, 0.4) is 0 Å². The molecule has 0 aromatic heterocycles. The van der Waals surface area contributed by atoms with Crippen LogP contribution in [-0.4, -0.2) is 13.2 Å². The minimum absolute atomic E-state index is 0.166. The predicted molar refractivity (Wildman–Crippen MR) is 55.3 cm³/mol. The first kappa shape index (κ1) is 12.8. The van der Waals surface area contributed by atoms with Crippen molar-refractivity contribution in [2.45, 2.75) is 25.6 Å². The standard InChI is InChI=1S/C11H14F3NO/c1-7(15)5-8-3-4-10(16-2)9(6-8)11(12,13)14/h3-4,6-7H,5,15H2,1-2H3/t7-/m1/s1. The van der Waals surface area contributed by atoms with Crippen molar-refractivity contribution in [3.8, 4) is 5.75 Å². The fourth-order valence-corrected chi connectivity index (χ4v) is 1.48. The van der Waals surface area contributed by atoms with E-state index in [1.165, 1.54) is 13.2 Å². The number of hydrogen-bond acceptors (Lipinski definition) is 2. The quantitative estimate of drug-likeness (QED) is 0.870. The summed E-state index contributed by atoms with van der Waals surface area (Å²) in [6.45, 7) is 1.75. The molecule has 2 nitrogen and oxygen atoms in total. The van der Waals surface area contributed by atoms with E-state index in [9.17, 15) is 13.2 Å². The van der Waals surface area contributed by atoms with Gasteiger partial charge in [-0.2, -0.15) is 13.2 Å². The molecule has 0 saturated heterocycles. The molecule has 2 N–H and O–H groups in total. The maximum absolute atomic E-state index is 12.6. The molecule has 90 valence electrons. The highest BCUT2D eigenvalue weighted by atomic mass is 19.4. The van der Waals surface area contributed by atoms with Crippen LogP contribution < -0.4 is 10.5 Å². The third kappa shape index (κ3) is 3.13. The van der Waals surface area contributed by atoms with Crippen molar-refractivity contribution in [2.24, 2.45) is 5.73 Å². The molecule has 1 rings (SSSR count). The number of halogens is 3. The van der Waals surface area contributed by atoms with Crippen molar-refractivity contribution in [2.75, 3.05) is 7.11 Å². The Bertz CT molecular complexity index is 361. The van der Waals surface area contributed by atoms with Crippen LogP contribution in [-0.2, 0) is 12.6 Å². The maximum atomic E-state index is 12.6. The number of nitrogens with two attached hydrogens (primary N) is 1. The van der Waals surface area contributed by atoms with Gasteiger partial charge in [-0.1, -0.05) is 6.07 Å². The largest absolute Gasteiger partial charge is 0.496 e. The first-order valence-corrected chi connectivity index (χ1v) is 4.84. The fraction of sp³-hybridized carbons (Fsp3) is 0.455. The third-order valence-electron chi connectivity index (χ3n) is 2.13. The van der Waals surface area contributed by atoms with Gasteiger partial charge >= 0.3 is 6.18 Å². The van der Waals surface area contributed by atoms with Gasteiger partial charge in [0.25, 0.3) is 0 Å². The molecule has 0 spiro atoms. The van der Waals surface area contributed by atoms with Crippen LogP contribution in [0.4, 0.5) is 13.2 Å². The van der Waals surface area contributed by atoms with Crippen molar-refractivity contribution >= 4 is 0 Å². The molecule has 1 aromatic carbocycles. The Hall–Kier alpha value is -1.23. The van der Waals surface area contributed by atoms with Crippen molar-refractivity contribution in [1.29, 1.82) is 0 Å². The molecular weight excluding hydrogens is 219 g/mol. The normalized spacial score (nSPS) is 13.6. The molecule has 0 bridgehead atoms. The Labute approximate surface area is 92.2 Å². The van der Waals surface area contributed by atoms with Crippen molar-refractivity contribution in [3.05, 3.63) is 29.3 Å². The molecule has 0 aliphatic rings. The fourth-order valence-electron chi connectivity index (χ4n) is 1.48. The van der Waals surface area contributed by atoms with E-state index in [1.807, 2.05) is 0 Å². The average molecular weight is 233 g/mol. The Balaban J connectivity index is 3.12. The summed E-state index contributed by atoms with van der Waals surface area (Å²) < 4.78 is 42.6. The summed E-state index contributed by atoms with van der Waals surface area (Å²) in [6.07, 6.45) is -3.99. The molecule has 0 amide bonds. The van der Waals surface area contributed by atoms with Crippen LogP contribution in [0.25, 0.3) is 0 Å². The van der Waals surface area contributed by atoms with E-state index in [0.29, 0.717) is 12.0 Å². The zero-order valence-electron chi connectivity index (χ0n) is 9.14. The van der Waals surface area contributed by atoms with Gasteiger partial charge in [0.05, 0.1) is 12.7 Å². The lowest BCUT2D eigenvalue weighted by Gasteiger charge is -2.14. The summed E-state index contributed by atoms with van der Waals surface area (Å²) in [6, 6.07) is 3.83. The third-order valence-corrected chi connectivity index (χ3v) is 2.13. The minimum Gasteiger partial charge on any atom is -0.496 e. The van der Waals surface area contributed by atoms with Crippen LogP contribution in [0.1, 0.15) is 18.1 Å². The van der Waals surface area contributed by atoms with E-state index in [2.05, 4.69) is 4.74 Å². The van der Waals surface area contributed by atoms with Gasteiger partial charge in [-0.05, 0) is 31.0 Å². The monoisotopic (exact) mass is 233 g/mol. The molecule has 0 fully saturated rings. The molecule has 5 heteroatoms. The molecule has 1 aromatic rings. The second-order valence-electron chi connectivity index (χ2n) is 3.71. The number of hydrogen-bond donors (Lipinski definition) is 1. The van der Waals surface area contributed by atoms with Crippen LogP contribution in [0.2, 0.25) is 0 Å². The van der Waals surface area contributed by atoms with Crippen molar-refractivity contribution in [3.63, 3.8) is 0 Å². The molecule has 0 aliphatic carbocycles. The van der Waals surface area contributed by atoms with E-state index in [-0.39, 0.29) is 11.8 Å². The van der Waals surface area contributed by atoms with Crippen LogP contribution in [0, 0.1) is 0 Å². The van der Waals surface area contributed by atoms with Gasteiger partial charge in [-0.25, -0.2) is 0 Å². The van der Waals surface area contributed by atoms with E-state index in [0.717, 1.165) is 6.07 Å². The summed E-state index contributed by atoms with van der Waals surface area (Å²) in [5.41, 5.74) is 5.34. The van der Waals surface area contributed by atoms with Gasteiger partial charge in [-0.3, -0.25) is 0 Å². The molecule has 16 heavy (non-hydrogen) atoms. The van der Waals surface area contributed by atoms with E-state index < -0.39 is 11.7 Å². The Kier molecular flexibility index (Phi) is 3.80. The highest BCUT2D eigenvalue weighted by Gasteiger charge is 2.34. The first-order chi connectivity index (χ1) is 7.34. The van der Waals surface area contributed by atoms with Gasteiger partial charge in [0.15, 0.2) is 0 Å². The maximum Gasteiger partial charge on any atom is 0.419 e. The summed E-state index contributed by atoms with van der Waals surface area (Å²) in [5.74, 6) is -0.166. The average Bonchev–Trinajstić information content (AvgIpc) is 2.15. The Morgan fingerprint density at radius 1 is 1.38 bits per heavy atom. The smallest absolute Gasteiger partial charge is 0.419 e. The van der Waals surface area contributed by atoms with Crippen molar-refractivity contribution in [1.82, 2.24) is 0 Å². The van der Waals surface area contributed by atoms with E-state index in [1.54, 1.807) is 13.0 Å². The van der Waals surface area contributed by atoms with Gasteiger partial charge < -0.3 is 10.5 Å². The summed E-state index contributed by atoms with van der Waals surface area (Å²) >= 11 is 0. The van der Waals surface area contributed by atoms with Gasteiger partial charge in [-0.15, -0.1) is 0 Å². The molecular formula is C11H14F3NO. The highest BCUT2D eigenvalue weighted by Crippen LogP contribution is 2.36. The van der Waals surface area contributed by atoms with E-state index >= 15 is 0 Å². The van der Waals surface area contributed by atoms with Crippen LogP contribution in [0.15, 0.2) is 18.2 Å². The second-order valence-corrected chi connectivity index (χ2v) is 3.71. The minimum atomic E-state index is -4.40. The van der Waals surface area contributed by atoms with Gasteiger partial charge in [0.1, 0.15) is 5.75 Å². The molecule has 0 radical (unpaired) electrons. The number of methoxy groups -OCH3 is 1. The van der Waals surface area contributed by atoms with Gasteiger partial charge in [0.2, 0.25) is 0 Å². The molecule has 1 atom stereocenters. The number of benzene rings is 1. The highest BCUT2D eigenvalue weighted by molar-refractivity contribution is 5.39. The molecule has 0 unspecified atom stereocenters. The number of alkyl halides is 3. The Morgan fingerprint density at radius 2 is 2.00 bits per heavy atom. The van der Waals surface area contributed by atoms with Crippen molar-refractivity contribution < 1.29 is 17.9 Å². The lowest BCUT2D eigenvalue weighted by molar-refractivity contribution is -0.138. The number of rotatable bonds is 3. The summed E-state index contributed by atoms with van der Waals surface area (Å²) in [7, 11) is 1.22. The van der Waals surface area contributed by atoms with Crippen LogP contribution in [0.5, 0.6) is 5.75 Å². The zero-order chi connectivity index (χ0) is 12.3. The lowest BCUT2D eigenvalue weighted by Crippen LogP contribution is -2.18. The number of ether oxygens (including phenoxy) is 1. The Morgan fingerprint density at radius 3 is 2.44 bits per heavy atom. The van der Waals surface area contributed by atoms with Crippen LogP contribution >= 0.6 is 0 Å². The van der Waals surface area contributed by atoms with E-state index in [4.69, 9.17) is 5.73 Å². The first-order valence-electron chi connectivity index (χ1n) is 4.84. The molecule has 0 heterocycles. The summed E-state index contributed by atoms with van der Waals surface area (Å²) in [4.78, 5) is 0. The molecule has 0 saturated carbocycles. The topological polar surface area (TPSA) is 35.2 Å². The SMILES string of the molecule is COc1ccc(C[C@@H](C)N)cc1C(F)(F)F. The van der Waals surface area contributed by atoms with Gasteiger partial charge in [0, 0.05) is 6.04 Å². The zero-order valence-corrected chi connectivity index (χ0v) is 9.14. The second kappa shape index (κ2) is 4.74. The summed E-state index contributed by atoms with van der Waals surface area (Å²) in [5, 5.41) is 0. The molecule has 0 aliphatic heterocycles. The lowest BCUT2D eigenvalue weighted by atomic mass is 10.0. The predicted octanol–water partition coefficient (Wildman–Crippen LogP) is 2.60.